The summed E-state index contributed by atoms with van der Waals surface area (Å²) in [6.07, 6.45) is 0.225. The van der Waals surface area contributed by atoms with Crippen molar-refractivity contribution in [3.8, 4) is 0 Å². The number of rotatable bonds is 4. The molecule has 1 amide bonds. The van der Waals surface area contributed by atoms with Gasteiger partial charge in [0.1, 0.15) is 5.82 Å². The number of nitrogens with one attached hydrogen (secondary N) is 1. The maximum Gasteiger partial charge on any atom is 0.224 e. The van der Waals surface area contributed by atoms with Crippen molar-refractivity contribution in [2.45, 2.75) is 19.4 Å². The summed E-state index contributed by atoms with van der Waals surface area (Å²) in [6.45, 7) is 2.23. The highest BCUT2D eigenvalue weighted by molar-refractivity contribution is 9.10. The van der Waals surface area contributed by atoms with Crippen molar-refractivity contribution in [1.29, 1.82) is 0 Å². The van der Waals surface area contributed by atoms with Gasteiger partial charge in [0.2, 0.25) is 5.91 Å². The smallest absolute Gasteiger partial charge is 0.224 e. The molecule has 0 aliphatic carbocycles. The van der Waals surface area contributed by atoms with Crippen LogP contribution in [0, 0.1) is 5.82 Å². The van der Waals surface area contributed by atoms with E-state index in [1.165, 1.54) is 6.07 Å². The summed E-state index contributed by atoms with van der Waals surface area (Å²) in [7, 11) is 0. The van der Waals surface area contributed by atoms with E-state index in [-0.39, 0.29) is 36.6 Å². The Labute approximate surface area is 114 Å². The monoisotopic (exact) mass is 324 g/mol. The fraction of sp³-hybridized carbons (Fsp3) is 0.364. The topological polar surface area (TPSA) is 55.1 Å². The van der Waals surface area contributed by atoms with Gasteiger partial charge in [0.25, 0.3) is 0 Å². The number of nitrogens with two attached hydrogens (primary N) is 1. The van der Waals surface area contributed by atoms with Crippen LogP contribution in [0.15, 0.2) is 22.7 Å². The van der Waals surface area contributed by atoms with Gasteiger partial charge >= 0.3 is 0 Å². The largest absolute Gasteiger partial charge is 0.352 e. The van der Waals surface area contributed by atoms with Crippen LogP contribution in [-0.4, -0.2) is 18.5 Å². The van der Waals surface area contributed by atoms with Crippen molar-refractivity contribution in [2.75, 3.05) is 6.54 Å². The Bertz CT molecular complexity index is 390. The van der Waals surface area contributed by atoms with Gasteiger partial charge < -0.3 is 11.1 Å². The van der Waals surface area contributed by atoms with E-state index in [4.69, 9.17) is 5.73 Å². The van der Waals surface area contributed by atoms with E-state index in [1.807, 2.05) is 6.92 Å². The van der Waals surface area contributed by atoms with Crippen LogP contribution < -0.4 is 11.1 Å². The number of carbonyl (C=O) groups is 1. The summed E-state index contributed by atoms with van der Waals surface area (Å²) in [5.41, 5.74) is 6.15. The Morgan fingerprint density at radius 3 is 2.76 bits per heavy atom. The number of carbonyl (C=O) groups excluding carboxylic acids is 1. The second-order valence-electron chi connectivity index (χ2n) is 3.63. The minimum atomic E-state index is -0.334. The van der Waals surface area contributed by atoms with Crippen LogP contribution >= 0.6 is 28.3 Å². The molecule has 1 rings (SSSR count). The fourth-order valence-corrected chi connectivity index (χ4v) is 1.65. The summed E-state index contributed by atoms with van der Waals surface area (Å²) < 4.78 is 13.3. The highest BCUT2D eigenvalue weighted by atomic mass is 79.9. The van der Waals surface area contributed by atoms with Crippen LogP contribution in [0.5, 0.6) is 0 Å². The van der Waals surface area contributed by atoms with Gasteiger partial charge in [-0.15, -0.1) is 12.4 Å². The van der Waals surface area contributed by atoms with Gasteiger partial charge in [0.15, 0.2) is 0 Å². The standard InChI is InChI=1S/C11H14BrFN2O.ClH/c1-7(6-14)15-11(16)5-8-2-3-10(13)9(12)4-8;/h2-4,7H,5-6,14H2,1H3,(H,15,16);1H/t7-;/m0./s1. The first-order chi connectivity index (χ1) is 7.52. The first-order valence-electron chi connectivity index (χ1n) is 4.96. The quantitative estimate of drug-likeness (QED) is 0.890. The first-order valence-corrected chi connectivity index (χ1v) is 5.75. The number of halogens is 3. The zero-order valence-electron chi connectivity index (χ0n) is 9.37. The minimum Gasteiger partial charge on any atom is -0.352 e. The molecule has 0 saturated carbocycles. The maximum atomic E-state index is 12.9. The normalized spacial score (nSPS) is 11.5. The molecule has 0 spiro atoms. The number of benzene rings is 1. The van der Waals surface area contributed by atoms with Crippen molar-refractivity contribution in [3.05, 3.63) is 34.1 Å². The zero-order chi connectivity index (χ0) is 12.1. The number of amides is 1. The number of hydrogen-bond acceptors (Lipinski definition) is 2. The highest BCUT2D eigenvalue weighted by Crippen LogP contribution is 2.17. The average molecular weight is 326 g/mol. The molecular formula is C11H15BrClFN2O. The average Bonchev–Trinajstić information content (AvgIpc) is 2.23. The molecule has 0 aliphatic heterocycles. The van der Waals surface area contributed by atoms with E-state index in [9.17, 15) is 9.18 Å². The molecule has 0 radical (unpaired) electrons. The van der Waals surface area contributed by atoms with Crippen molar-refractivity contribution in [2.24, 2.45) is 5.73 Å². The molecule has 6 heteroatoms. The van der Waals surface area contributed by atoms with Crippen LogP contribution in [0.25, 0.3) is 0 Å². The predicted molar refractivity (Wildman–Crippen MR) is 71.7 cm³/mol. The van der Waals surface area contributed by atoms with E-state index in [1.54, 1.807) is 12.1 Å². The molecule has 0 saturated heterocycles. The summed E-state index contributed by atoms with van der Waals surface area (Å²) >= 11 is 3.07. The van der Waals surface area contributed by atoms with Gasteiger partial charge in [-0.1, -0.05) is 6.07 Å². The third kappa shape index (κ3) is 5.48. The molecule has 1 atom stereocenters. The summed E-state index contributed by atoms with van der Waals surface area (Å²) in [5, 5.41) is 2.74. The van der Waals surface area contributed by atoms with E-state index >= 15 is 0 Å². The second-order valence-corrected chi connectivity index (χ2v) is 4.48. The zero-order valence-corrected chi connectivity index (χ0v) is 11.8. The Morgan fingerprint density at radius 1 is 1.59 bits per heavy atom. The molecule has 1 aromatic rings. The predicted octanol–water partition coefficient (Wildman–Crippen LogP) is 2.02. The molecule has 0 aliphatic rings. The van der Waals surface area contributed by atoms with E-state index in [0.29, 0.717) is 11.0 Å². The van der Waals surface area contributed by atoms with Gasteiger partial charge in [0.05, 0.1) is 10.9 Å². The molecule has 0 unspecified atom stereocenters. The van der Waals surface area contributed by atoms with Gasteiger partial charge in [-0.3, -0.25) is 4.79 Å². The molecule has 96 valence electrons. The van der Waals surface area contributed by atoms with Crippen LogP contribution in [0.3, 0.4) is 0 Å². The minimum absolute atomic E-state index is 0. The lowest BCUT2D eigenvalue weighted by atomic mass is 10.1. The van der Waals surface area contributed by atoms with Crippen molar-refractivity contribution in [3.63, 3.8) is 0 Å². The Balaban J connectivity index is 0.00000256. The third-order valence-corrected chi connectivity index (χ3v) is 2.72. The molecule has 1 aromatic carbocycles. The van der Waals surface area contributed by atoms with Crippen molar-refractivity contribution >= 4 is 34.2 Å². The summed E-state index contributed by atoms with van der Waals surface area (Å²) in [4.78, 5) is 11.5. The van der Waals surface area contributed by atoms with Gasteiger partial charge in [0, 0.05) is 12.6 Å². The lowest BCUT2D eigenvalue weighted by Crippen LogP contribution is -2.38. The van der Waals surface area contributed by atoms with Crippen LogP contribution in [0.1, 0.15) is 12.5 Å². The molecular weight excluding hydrogens is 310 g/mol. The molecule has 17 heavy (non-hydrogen) atoms. The van der Waals surface area contributed by atoms with Crippen LogP contribution in [0.4, 0.5) is 4.39 Å². The fourth-order valence-electron chi connectivity index (χ4n) is 1.22. The summed E-state index contributed by atoms with van der Waals surface area (Å²) in [5.74, 6) is -0.448. The van der Waals surface area contributed by atoms with Gasteiger partial charge in [-0.05, 0) is 40.5 Å². The Hall–Kier alpha value is -0.650. The molecule has 0 aromatic heterocycles. The van der Waals surface area contributed by atoms with E-state index in [2.05, 4.69) is 21.2 Å². The number of hydrogen-bond donors (Lipinski definition) is 2. The second kappa shape index (κ2) is 7.63. The van der Waals surface area contributed by atoms with Crippen molar-refractivity contribution < 1.29 is 9.18 Å². The molecule has 3 nitrogen and oxygen atoms in total. The maximum absolute atomic E-state index is 12.9. The van der Waals surface area contributed by atoms with Crippen LogP contribution in [-0.2, 0) is 11.2 Å². The van der Waals surface area contributed by atoms with Crippen molar-refractivity contribution in [1.82, 2.24) is 5.32 Å². The third-order valence-electron chi connectivity index (χ3n) is 2.11. The van der Waals surface area contributed by atoms with Gasteiger partial charge in [-0.25, -0.2) is 4.39 Å². The first kappa shape index (κ1) is 16.4. The molecule has 3 N–H and O–H groups in total. The molecule has 0 fully saturated rings. The molecule has 0 heterocycles. The Morgan fingerprint density at radius 2 is 2.24 bits per heavy atom. The summed E-state index contributed by atoms with van der Waals surface area (Å²) in [6, 6.07) is 4.48. The van der Waals surface area contributed by atoms with E-state index in [0.717, 1.165) is 5.56 Å². The van der Waals surface area contributed by atoms with Gasteiger partial charge in [-0.2, -0.15) is 0 Å². The van der Waals surface area contributed by atoms with E-state index < -0.39 is 0 Å². The lowest BCUT2D eigenvalue weighted by molar-refractivity contribution is -0.120. The lowest BCUT2D eigenvalue weighted by Gasteiger charge is -2.11. The van der Waals surface area contributed by atoms with Crippen LogP contribution in [0.2, 0.25) is 0 Å². The SMILES string of the molecule is C[C@@H](CN)NC(=O)Cc1ccc(F)c(Br)c1.Cl. The Kier molecular flexibility index (Phi) is 7.34. The molecule has 0 bridgehead atoms. The highest BCUT2D eigenvalue weighted by Gasteiger charge is 2.08.